The minimum absolute atomic E-state index is 0.0224. The van der Waals surface area contributed by atoms with Gasteiger partial charge in [-0.25, -0.2) is 0 Å². The van der Waals surface area contributed by atoms with Gasteiger partial charge in [-0.2, -0.15) is 0 Å². The van der Waals surface area contributed by atoms with Crippen LogP contribution in [0.25, 0.3) is 10.9 Å². The molecule has 0 aliphatic carbocycles. The van der Waals surface area contributed by atoms with E-state index in [-0.39, 0.29) is 5.91 Å². The largest absolute Gasteiger partial charge is 0.335 e. The Morgan fingerprint density at radius 2 is 1.71 bits per heavy atom. The predicted molar refractivity (Wildman–Crippen MR) is 141 cm³/mol. The van der Waals surface area contributed by atoms with Crippen LogP contribution in [-0.2, 0) is 6.54 Å². The van der Waals surface area contributed by atoms with Crippen LogP contribution in [0.5, 0.6) is 0 Å². The number of hydrogen-bond acceptors (Lipinski definition) is 6. The van der Waals surface area contributed by atoms with Gasteiger partial charge in [0.1, 0.15) is 4.90 Å². The van der Waals surface area contributed by atoms with E-state index in [9.17, 15) is 13.9 Å². The van der Waals surface area contributed by atoms with Crippen LogP contribution >= 0.6 is 10.8 Å². The molecule has 1 aliphatic heterocycles. The summed E-state index contributed by atoms with van der Waals surface area (Å²) in [6.07, 6.45) is 1.63. The lowest BCUT2D eigenvalue weighted by atomic mass is 10.0. The number of aromatic nitrogens is 1. The van der Waals surface area contributed by atoms with Gasteiger partial charge in [0.15, 0.2) is 0 Å². The number of carbonyl (C=O) groups excluding carboxylic acids is 1. The molecule has 0 spiro atoms. The van der Waals surface area contributed by atoms with E-state index in [0.29, 0.717) is 40.8 Å². The smallest absolute Gasteiger partial charge is 0.253 e. The molecule has 4 aromatic rings. The molecule has 1 aliphatic rings. The van der Waals surface area contributed by atoms with Gasteiger partial charge in [-0.1, -0.05) is 59.3 Å². The van der Waals surface area contributed by atoms with E-state index in [4.69, 9.17) is 0 Å². The van der Waals surface area contributed by atoms with E-state index in [1.165, 1.54) is 5.56 Å². The zero-order valence-corrected chi connectivity index (χ0v) is 20.2. The number of carbonyl (C=O) groups is 1. The number of benzene rings is 3. The maximum Gasteiger partial charge on any atom is 0.253 e. The van der Waals surface area contributed by atoms with Crippen LogP contribution in [0.4, 0.5) is 5.69 Å². The van der Waals surface area contributed by atoms with Gasteiger partial charge in [-0.05, 0) is 49.0 Å². The maximum atomic E-state index is 12.9. The van der Waals surface area contributed by atoms with Crippen LogP contribution in [-0.4, -0.2) is 56.0 Å². The fraction of sp³-hybridized carbons (Fsp3) is 0.185. The van der Waals surface area contributed by atoms with Crippen LogP contribution < -0.4 is 4.72 Å². The third-order valence-corrected chi connectivity index (χ3v) is 7.81. The van der Waals surface area contributed by atoms with Crippen molar-refractivity contribution in [2.75, 3.05) is 24.9 Å². The van der Waals surface area contributed by atoms with Crippen molar-refractivity contribution < 1.29 is 13.9 Å². The molecule has 35 heavy (non-hydrogen) atoms. The molecule has 1 fully saturated rings. The summed E-state index contributed by atoms with van der Waals surface area (Å²) in [5, 5.41) is 0.829. The minimum Gasteiger partial charge on any atom is -0.335 e. The van der Waals surface area contributed by atoms with Crippen LogP contribution in [0.1, 0.15) is 15.9 Å². The number of anilines is 1. The first-order valence-electron chi connectivity index (χ1n) is 11.4. The van der Waals surface area contributed by atoms with Gasteiger partial charge < -0.3 is 4.90 Å². The highest BCUT2D eigenvalue weighted by molar-refractivity contribution is 8.25. The number of amides is 1. The van der Waals surface area contributed by atoms with Gasteiger partial charge in [-0.3, -0.25) is 28.5 Å². The second-order valence-electron chi connectivity index (χ2n) is 8.82. The Bertz CT molecular complexity index is 1320. The maximum absolute atomic E-state index is 12.9. The Kier molecular flexibility index (Phi) is 6.44. The number of fused-ring (bicyclic) bond motifs is 1. The van der Waals surface area contributed by atoms with Crippen LogP contribution in [0.15, 0.2) is 96.0 Å². The van der Waals surface area contributed by atoms with Crippen LogP contribution in [0.2, 0.25) is 0 Å². The monoisotopic (exact) mass is 488 g/mol. The molecular formula is C27H28N4O3S. The van der Waals surface area contributed by atoms with Crippen molar-refractivity contribution >= 4 is 33.3 Å². The molecule has 1 amide bonds. The fourth-order valence-corrected chi connectivity index (χ4v) is 5.57. The van der Waals surface area contributed by atoms with Crippen molar-refractivity contribution in [2.45, 2.75) is 17.5 Å². The SMILES string of the molecule is CN(Cc1ccccc1)C1CN(C(=O)c2ccc(NS(O)(O)c3cccc4cccnc34)cc2)C1. The summed E-state index contributed by atoms with van der Waals surface area (Å²) in [6.45, 7) is 2.24. The molecule has 180 valence electrons. The summed E-state index contributed by atoms with van der Waals surface area (Å²) in [4.78, 5) is 21.7. The molecule has 2 heterocycles. The first kappa shape index (κ1) is 23.3. The highest BCUT2D eigenvalue weighted by atomic mass is 32.3. The highest BCUT2D eigenvalue weighted by Crippen LogP contribution is 2.50. The van der Waals surface area contributed by atoms with Crippen molar-refractivity contribution in [2.24, 2.45) is 0 Å². The van der Waals surface area contributed by atoms with E-state index in [1.54, 1.807) is 42.6 Å². The molecule has 7 nitrogen and oxygen atoms in total. The number of hydrogen-bond donors (Lipinski definition) is 3. The molecule has 5 rings (SSSR count). The molecule has 0 saturated carbocycles. The summed E-state index contributed by atoms with van der Waals surface area (Å²) in [6, 6.07) is 26.4. The first-order valence-corrected chi connectivity index (χ1v) is 13.0. The van der Waals surface area contributed by atoms with E-state index in [2.05, 4.69) is 33.8 Å². The summed E-state index contributed by atoms with van der Waals surface area (Å²) < 4.78 is 24.5. The van der Waals surface area contributed by atoms with Crippen molar-refractivity contribution in [3.05, 3.63) is 102 Å². The van der Waals surface area contributed by atoms with Gasteiger partial charge in [-0.15, -0.1) is 0 Å². The average Bonchev–Trinajstić information content (AvgIpc) is 2.83. The lowest BCUT2D eigenvalue weighted by Crippen LogP contribution is -2.59. The number of likely N-dealkylation sites (tertiary alicyclic amines) is 1. The second kappa shape index (κ2) is 9.67. The lowest BCUT2D eigenvalue weighted by molar-refractivity contribution is 0.0321. The van der Waals surface area contributed by atoms with E-state index < -0.39 is 10.8 Å². The first-order chi connectivity index (χ1) is 16.9. The third kappa shape index (κ3) is 5.01. The fourth-order valence-electron chi connectivity index (χ4n) is 4.29. The van der Waals surface area contributed by atoms with Crippen LogP contribution in [0, 0.1) is 0 Å². The van der Waals surface area contributed by atoms with E-state index in [0.717, 1.165) is 11.9 Å². The zero-order valence-electron chi connectivity index (χ0n) is 19.4. The van der Waals surface area contributed by atoms with Crippen molar-refractivity contribution in [1.29, 1.82) is 0 Å². The second-order valence-corrected chi connectivity index (χ2v) is 10.6. The molecule has 3 N–H and O–H groups in total. The summed E-state index contributed by atoms with van der Waals surface area (Å²) in [5.41, 5.74) is 2.88. The molecular weight excluding hydrogens is 460 g/mol. The molecule has 1 aromatic heterocycles. The van der Waals surface area contributed by atoms with E-state index >= 15 is 0 Å². The Labute approximate surface area is 206 Å². The number of rotatable bonds is 7. The Morgan fingerprint density at radius 1 is 1.00 bits per heavy atom. The van der Waals surface area contributed by atoms with Gasteiger partial charge in [0.25, 0.3) is 5.91 Å². The molecule has 1 saturated heterocycles. The molecule has 8 heteroatoms. The lowest BCUT2D eigenvalue weighted by Gasteiger charge is -2.44. The van der Waals surface area contributed by atoms with Gasteiger partial charge >= 0.3 is 0 Å². The molecule has 0 radical (unpaired) electrons. The number of nitrogens with one attached hydrogen (secondary N) is 1. The standard InChI is InChI=1S/C27H28N4O3S/c1-30(17-20-7-3-2-4-8-20)24-18-31(19-24)27(32)22-12-14-23(15-13-22)29-35(33,34)25-11-5-9-21-10-6-16-28-26(21)25/h2-16,24,29,33-34H,17-19H2,1H3. The van der Waals surface area contributed by atoms with Gasteiger partial charge in [0.05, 0.1) is 11.2 Å². The van der Waals surface area contributed by atoms with Crippen molar-refractivity contribution in [3.8, 4) is 0 Å². The molecule has 0 atom stereocenters. The van der Waals surface area contributed by atoms with Crippen molar-refractivity contribution in [3.63, 3.8) is 0 Å². The topological polar surface area (TPSA) is 88.9 Å². The Hall–Kier alpha value is -3.43. The average molecular weight is 489 g/mol. The highest BCUT2D eigenvalue weighted by Gasteiger charge is 2.33. The quantitative estimate of drug-likeness (QED) is 0.326. The third-order valence-electron chi connectivity index (χ3n) is 6.34. The molecule has 3 aromatic carbocycles. The summed E-state index contributed by atoms with van der Waals surface area (Å²) in [5.74, 6) is -0.0224. The summed E-state index contributed by atoms with van der Waals surface area (Å²) in [7, 11) is -1.25. The number of para-hydroxylation sites is 1. The zero-order chi connectivity index (χ0) is 24.4. The van der Waals surface area contributed by atoms with Crippen molar-refractivity contribution in [1.82, 2.24) is 14.8 Å². The van der Waals surface area contributed by atoms with Gasteiger partial charge in [0, 0.05) is 42.8 Å². The number of nitrogens with zero attached hydrogens (tertiary/aromatic N) is 3. The summed E-state index contributed by atoms with van der Waals surface area (Å²) >= 11 is 0. The minimum atomic E-state index is -3.34. The number of likely N-dealkylation sites (N-methyl/N-ethyl adjacent to an activating group) is 1. The Morgan fingerprint density at radius 3 is 2.46 bits per heavy atom. The molecule has 0 unspecified atom stereocenters. The normalized spacial score (nSPS) is 14.7. The van der Waals surface area contributed by atoms with E-state index in [1.807, 2.05) is 41.3 Å². The number of pyridine rings is 1. The molecule has 0 bridgehead atoms. The van der Waals surface area contributed by atoms with Crippen LogP contribution in [0.3, 0.4) is 0 Å². The predicted octanol–water partition coefficient (Wildman–Crippen LogP) is 5.33. The van der Waals surface area contributed by atoms with Gasteiger partial charge in [0.2, 0.25) is 0 Å². The Balaban J connectivity index is 1.20.